The molecule has 1 aliphatic heterocycles. The van der Waals surface area contributed by atoms with Gasteiger partial charge in [-0.05, 0) is 35.9 Å². The fraction of sp³-hybridized carbons (Fsp3) is 0.0435. The van der Waals surface area contributed by atoms with Crippen molar-refractivity contribution in [2.45, 2.75) is 6.61 Å². The number of nitrogens with zero attached hydrogens (tertiary/aromatic N) is 1. The SMILES string of the molecule is O=C1NN(c2ccc(Cl)c(Cl)c2)C(=O)C1=Cc1ccccc1OCc1ccccc1. The topological polar surface area (TPSA) is 58.6 Å². The van der Waals surface area contributed by atoms with E-state index in [2.05, 4.69) is 5.43 Å². The van der Waals surface area contributed by atoms with Crippen LogP contribution in [0, 0.1) is 0 Å². The first-order valence-corrected chi connectivity index (χ1v) is 9.86. The van der Waals surface area contributed by atoms with Crippen LogP contribution in [0.1, 0.15) is 11.1 Å². The number of hydrogen-bond acceptors (Lipinski definition) is 3. The summed E-state index contributed by atoms with van der Waals surface area (Å²) in [7, 11) is 0. The van der Waals surface area contributed by atoms with E-state index in [9.17, 15) is 9.59 Å². The van der Waals surface area contributed by atoms with E-state index < -0.39 is 11.8 Å². The molecule has 1 fully saturated rings. The highest BCUT2D eigenvalue weighted by Crippen LogP contribution is 2.30. The van der Waals surface area contributed by atoms with Gasteiger partial charge >= 0.3 is 0 Å². The van der Waals surface area contributed by atoms with Crippen molar-refractivity contribution in [1.29, 1.82) is 0 Å². The molecule has 5 nitrogen and oxygen atoms in total. The van der Waals surface area contributed by atoms with Crippen molar-refractivity contribution in [3.05, 3.63) is 99.5 Å². The maximum atomic E-state index is 12.9. The maximum Gasteiger partial charge on any atom is 0.282 e. The largest absolute Gasteiger partial charge is 0.488 e. The molecule has 0 saturated carbocycles. The first-order valence-electron chi connectivity index (χ1n) is 9.11. The van der Waals surface area contributed by atoms with Crippen LogP contribution in [0.15, 0.2) is 78.4 Å². The summed E-state index contributed by atoms with van der Waals surface area (Å²) in [6.07, 6.45) is 1.52. The third kappa shape index (κ3) is 4.17. The molecule has 0 spiro atoms. The van der Waals surface area contributed by atoms with Crippen molar-refractivity contribution >= 4 is 46.8 Å². The zero-order valence-electron chi connectivity index (χ0n) is 15.6. The molecule has 0 radical (unpaired) electrons. The number of anilines is 1. The van der Waals surface area contributed by atoms with Crippen LogP contribution in [0.3, 0.4) is 0 Å². The Hall–Kier alpha value is -3.28. The van der Waals surface area contributed by atoms with Crippen LogP contribution < -0.4 is 15.2 Å². The van der Waals surface area contributed by atoms with Crippen molar-refractivity contribution in [1.82, 2.24) is 5.43 Å². The van der Waals surface area contributed by atoms with E-state index in [4.69, 9.17) is 27.9 Å². The molecule has 0 atom stereocenters. The number of hydrazine groups is 1. The van der Waals surface area contributed by atoms with Crippen molar-refractivity contribution in [2.24, 2.45) is 0 Å². The molecule has 0 bridgehead atoms. The van der Waals surface area contributed by atoms with Gasteiger partial charge in [0, 0.05) is 5.56 Å². The number of benzene rings is 3. The van der Waals surface area contributed by atoms with E-state index in [1.807, 2.05) is 42.5 Å². The number of ether oxygens (including phenoxy) is 1. The van der Waals surface area contributed by atoms with Crippen molar-refractivity contribution in [3.8, 4) is 5.75 Å². The zero-order chi connectivity index (χ0) is 21.1. The van der Waals surface area contributed by atoms with Crippen LogP contribution in [0.25, 0.3) is 6.08 Å². The smallest absolute Gasteiger partial charge is 0.282 e. The third-order valence-electron chi connectivity index (χ3n) is 4.51. The van der Waals surface area contributed by atoms with Gasteiger partial charge in [0.2, 0.25) is 0 Å². The van der Waals surface area contributed by atoms with Gasteiger partial charge < -0.3 is 4.74 Å². The van der Waals surface area contributed by atoms with Crippen LogP contribution in [-0.2, 0) is 16.2 Å². The Balaban J connectivity index is 1.59. The minimum atomic E-state index is -0.510. The molecule has 30 heavy (non-hydrogen) atoms. The minimum Gasteiger partial charge on any atom is -0.488 e. The Morgan fingerprint density at radius 3 is 2.40 bits per heavy atom. The lowest BCUT2D eigenvalue weighted by atomic mass is 10.1. The van der Waals surface area contributed by atoms with Gasteiger partial charge in [0.1, 0.15) is 17.9 Å². The van der Waals surface area contributed by atoms with Crippen LogP contribution in [0.5, 0.6) is 5.75 Å². The fourth-order valence-corrected chi connectivity index (χ4v) is 3.28. The van der Waals surface area contributed by atoms with Crippen LogP contribution >= 0.6 is 23.2 Å². The Kier molecular flexibility index (Phi) is 5.74. The number of amides is 2. The van der Waals surface area contributed by atoms with Gasteiger partial charge in [0.15, 0.2) is 0 Å². The Labute approximate surface area is 183 Å². The Morgan fingerprint density at radius 2 is 1.63 bits per heavy atom. The molecule has 1 aliphatic rings. The van der Waals surface area contributed by atoms with Crippen LogP contribution in [0.2, 0.25) is 10.0 Å². The Morgan fingerprint density at radius 1 is 0.900 bits per heavy atom. The quantitative estimate of drug-likeness (QED) is 0.448. The summed E-state index contributed by atoms with van der Waals surface area (Å²) in [5.74, 6) is -0.428. The van der Waals surface area contributed by atoms with Gasteiger partial charge in [-0.3, -0.25) is 15.0 Å². The van der Waals surface area contributed by atoms with E-state index in [0.717, 1.165) is 10.6 Å². The molecule has 7 heteroatoms. The lowest BCUT2D eigenvalue weighted by Crippen LogP contribution is -2.35. The standard InChI is InChI=1S/C23H16Cl2N2O3/c24-19-11-10-17(13-20(19)25)27-23(29)18(22(28)26-27)12-16-8-4-5-9-21(16)30-14-15-6-2-1-3-7-15/h1-13H,14H2,(H,26,28). The van der Waals surface area contributed by atoms with E-state index in [-0.39, 0.29) is 10.6 Å². The van der Waals surface area contributed by atoms with Crippen molar-refractivity contribution in [3.63, 3.8) is 0 Å². The number of rotatable bonds is 5. The summed E-state index contributed by atoms with van der Waals surface area (Å²) in [5.41, 5.74) is 4.60. The number of para-hydroxylation sites is 1. The zero-order valence-corrected chi connectivity index (χ0v) is 17.2. The second-order valence-corrected chi connectivity index (χ2v) is 7.36. The third-order valence-corrected chi connectivity index (χ3v) is 5.25. The predicted octanol–water partition coefficient (Wildman–Crippen LogP) is 5.03. The van der Waals surface area contributed by atoms with Crippen LogP contribution in [-0.4, -0.2) is 11.8 Å². The molecule has 0 unspecified atom stereocenters. The lowest BCUT2D eigenvalue weighted by molar-refractivity contribution is -0.117. The van der Waals surface area contributed by atoms with Crippen molar-refractivity contribution < 1.29 is 14.3 Å². The highest BCUT2D eigenvalue weighted by atomic mass is 35.5. The number of carbonyl (C=O) groups is 2. The highest BCUT2D eigenvalue weighted by molar-refractivity contribution is 6.42. The number of hydrogen-bond donors (Lipinski definition) is 1. The number of nitrogens with one attached hydrogen (secondary N) is 1. The van der Waals surface area contributed by atoms with Gasteiger partial charge in [-0.15, -0.1) is 0 Å². The second kappa shape index (κ2) is 8.61. The van der Waals surface area contributed by atoms with Gasteiger partial charge in [-0.25, -0.2) is 5.01 Å². The van der Waals surface area contributed by atoms with E-state index in [0.29, 0.717) is 28.6 Å². The molecular weight excluding hydrogens is 423 g/mol. The monoisotopic (exact) mass is 438 g/mol. The lowest BCUT2D eigenvalue weighted by Gasteiger charge is -2.15. The fourth-order valence-electron chi connectivity index (χ4n) is 2.99. The normalized spacial score (nSPS) is 14.9. The van der Waals surface area contributed by atoms with Gasteiger partial charge in [0.25, 0.3) is 11.8 Å². The first-order chi connectivity index (χ1) is 14.5. The molecule has 0 aliphatic carbocycles. The maximum absolute atomic E-state index is 12.9. The second-order valence-electron chi connectivity index (χ2n) is 6.55. The van der Waals surface area contributed by atoms with Crippen molar-refractivity contribution in [2.75, 3.05) is 5.01 Å². The molecule has 2 amide bonds. The predicted molar refractivity (Wildman–Crippen MR) is 117 cm³/mol. The number of halogens is 2. The summed E-state index contributed by atoms with van der Waals surface area (Å²) in [6.45, 7) is 0.372. The van der Waals surface area contributed by atoms with Crippen LogP contribution in [0.4, 0.5) is 5.69 Å². The van der Waals surface area contributed by atoms with Gasteiger partial charge in [0.05, 0.1) is 15.7 Å². The summed E-state index contributed by atoms with van der Waals surface area (Å²) >= 11 is 12.0. The highest BCUT2D eigenvalue weighted by Gasteiger charge is 2.34. The molecule has 4 rings (SSSR count). The number of carbonyl (C=O) groups excluding carboxylic acids is 2. The molecule has 150 valence electrons. The average Bonchev–Trinajstić information content (AvgIpc) is 3.04. The molecule has 3 aromatic carbocycles. The van der Waals surface area contributed by atoms with Gasteiger partial charge in [-0.2, -0.15) is 0 Å². The summed E-state index contributed by atoms with van der Waals surface area (Å²) in [5, 5.41) is 1.79. The summed E-state index contributed by atoms with van der Waals surface area (Å²) in [6, 6.07) is 21.6. The minimum absolute atomic E-state index is 0.00293. The molecule has 1 heterocycles. The molecule has 1 saturated heterocycles. The first kappa shape index (κ1) is 20.0. The Bertz CT molecular complexity index is 1150. The van der Waals surface area contributed by atoms with E-state index in [1.165, 1.54) is 12.1 Å². The molecular formula is C23H16Cl2N2O3. The van der Waals surface area contributed by atoms with E-state index >= 15 is 0 Å². The molecule has 0 aromatic heterocycles. The molecule has 3 aromatic rings. The van der Waals surface area contributed by atoms with E-state index in [1.54, 1.807) is 24.3 Å². The average molecular weight is 439 g/mol. The van der Waals surface area contributed by atoms with Gasteiger partial charge in [-0.1, -0.05) is 71.7 Å². The molecule has 1 N–H and O–H groups in total. The summed E-state index contributed by atoms with van der Waals surface area (Å²) in [4.78, 5) is 25.3. The summed E-state index contributed by atoms with van der Waals surface area (Å²) < 4.78 is 5.91.